The van der Waals surface area contributed by atoms with Gasteiger partial charge in [-0.3, -0.25) is 9.13 Å². The highest BCUT2D eigenvalue weighted by molar-refractivity contribution is 14.2. The number of fused-ring (bicyclic) bond motifs is 1. The van der Waals surface area contributed by atoms with Crippen molar-refractivity contribution in [1.29, 1.82) is 0 Å². The van der Waals surface area contributed by atoms with E-state index in [1.54, 1.807) is 18.5 Å². The Kier molecular flexibility index (Phi) is 6.16. The molecular weight excluding hydrogens is 578 g/mol. The van der Waals surface area contributed by atoms with Crippen LogP contribution in [0, 0.1) is 11.6 Å². The Morgan fingerprint density at radius 1 is 1.09 bits per heavy atom. The normalized spacial score (nSPS) is 11.4. The van der Waals surface area contributed by atoms with Gasteiger partial charge in [0.15, 0.2) is 17.2 Å². The topological polar surface area (TPSA) is 111 Å². The Balaban J connectivity index is 1.53. The molecular formula is C21H13F2IN7O2P. The Bertz CT molecular complexity index is 1510. The molecule has 5 rings (SSSR count). The Morgan fingerprint density at radius 2 is 1.97 bits per heavy atom. The van der Waals surface area contributed by atoms with E-state index in [4.69, 9.17) is 4.42 Å². The largest absolute Gasteiger partial charge is 0.459 e. The minimum absolute atomic E-state index is 0.00965. The monoisotopic (exact) mass is 591 g/mol. The fourth-order valence-corrected chi connectivity index (χ4v) is 4.67. The lowest BCUT2D eigenvalue weighted by atomic mass is 10.1. The van der Waals surface area contributed by atoms with Gasteiger partial charge in [-0.25, -0.2) is 28.7 Å². The number of hydrogen-bond acceptors (Lipinski definition) is 7. The molecule has 0 aliphatic rings. The highest BCUT2D eigenvalue weighted by atomic mass is 127. The molecule has 2 N–H and O–H groups in total. The highest BCUT2D eigenvalue weighted by Crippen LogP contribution is 2.35. The molecule has 0 aliphatic carbocycles. The molecule has 4 heterocycles. The van der Waals surface area contributed by atoms with Crippen LogP contribution in [0.5, 0.6) is 0 Å². The van der Waals surface area contributed by atoms with Crippen molar-refractivity contribution < 1.29 is 18.0 Å². The van der Waals surface area contributed by atoms with E-state index in [0.717, 1.165) is 12.1 Å². The van der Waals surface area contributed by atoms with Gasteiger partial charge in [0.2, 0.25) is 0 Å². The summed E-state index contributed by atoms with van der Waals surface area (Å²) in [5.74, 6) is -2.39. The zero-order valence-electron chi connectivity index (χ0n) is 17.0. The summed E-state index contributed by atoms with van der Waals surface area (Å²) in [4.78, 5) is 29.5. The van der Waals surface area contributed by atoms with E-state index in [9.17, 15) is 9.18 Å². The van der Waals surface area contributed by atoms with Gasteiger partial charge in [0.1, 0.15) is 41.2 Å². The summed E-state index contributed by atoms with van der Waals surface area (Å²) in [5.41, 5.74) is 1.38. The SMILES string of the molecule is O=C(Nc1ccc(F)c(Nc2ncccc2-c2ncnc3c2ncn3PI)c1F)c1ccco1. The van der Waals surface area contributed by atoms with Crippen LogP contribution in [-0.2, 0) is 0 Å². The maximum atomic E-state index is 15.2. The van der Waals surface area contributed by atoms with Crippen molar-refractivity contribution in [2.75, 3.05) is 10.6 Å². The van der Waals surface area contributed by atoms with Crippen molar-refractivity contribution in [3.8, 4) is 11.3 Å². The summed E-state index contributed by atoms with van der Waals surface area (Å²) in [6, 6.07) is 8.51. The number of amides is 1. The van der Waals surface area contributed by atoms with Gasteiger partial charge in [-0.05, 0) is 58.4 Å². The molecule has 34 heavy (non-hydrogen) atoms. The van der Waals surface area contributed by atoms with Gasteiger partial charge in [-0.15, -0.1) is 0 Å². The number of pyridine rings is 1. The molecule has 4 aromatic heterocycles. The number of imidazole rings is 1. The lowest BCUT2D eigenvalue weighted by Gasteiger charge is -2.14. The van der Waals surface area contributed by atoms with E-state index in [1.165, 1.54) is 30.9 Å². The first-order chi connectivity index (χ1) is 16.6. The fourth-order valence-electron chi connectivity index (χ4n) is 3.26. The van der Waals surface area contributed by atoms with Crippen molar-refractivity contribution in [3.05, 3.63) is 78.9 Å². The highest BCUT2D eigenvalue weighted by Gasteiger charge is 2.21. The molecule has 0 bridgehead atoms. The van der Waals surface area contributed by atoms with Crippen LogP contribution >= 0.6 is 28.4 Å². The zero-order chi connectivity index (χ0) is 23.7. The number of benzene rings is 1. The number of furan rings is 1. The first kappa shape index (κ1) is 22.3. The van der Waals surface area contributed by atoms with Gasteiger partial charge < -0.3 is 15.1 Å². The number of nitrogens with one attached hydrogen (secondary N) is 2. The van der Waals surface area contributed by atoms with E-state index < -0.39 is 23.2 Å². The second kappa shape index (κ2) is 9.39. The molecule has 0 aliphatic heterocycles. The van der Waals surface area contributed by atoms with Crippen molar-refractivity contribution in [1.82, 2.24) is 24.3 Å². The van der Waals surface area contributed by atoms with Crippen molar-refractivity contribution in [2.24, 2.45) is 0 Å². The summed E-state index contributed by atoms with van der Waals surface area (Å²) in [5, 5.41) is 5.09. The maximum Gasteiger partial charge on any atom is 0.291 e. The minimum Gasteiger partial charge on any atom is -0.459 e. The van der Waals surface area contributed by atoms with E-state index in [0.29, 0.717) is 28.8 Å². The summed E-state index contributed by atoms with van der Waals surface area (Å²) >= 11 is 2.21. The molecule has 9 nitrogen and oxygen atoms in total. The second-order valence-electron chi connectivity index (χ2n) is 6.83. The van der Waals surface area contributed by atoms with E-state index in [1.807, 2.05) is 4.34 Å². The third kappa shape index (κ3) is 4.10. The smallest absolute Gasteiger partial charge is 0.291 e. The standard InChI is InChI=1S/C21H13F2IN7O2P/c22-12-5-6-13(29-21(32)14-4-2-8-33-14)15(23)17(12)30-19-11(3-1-7-25-19)16-18-20(27-9-26-16)31(34-24)10-28-18/h1-10,34H,(H,25,30)(H,29,32). The van der Waals surface area contributed by atoms with E-state index in [-0.39, 0.29) is 17.3 Å². The second-order valence-corrected chi connectivity index (χ2v) is 8.93. The van der Waals surface area contributed by atoms with Crippen LogP contribution in [0.25, 0.3) is 22.4 Å². The molecule has 0 saturated heterocycles. The number of nitrogens with zero attached hydrogens (tertiary/aromatic N) is 5. The van der Waals surface area contributed by atoms with Crippen LogP contribution < -0.4 is 10.6 Å². The van der Waals surface area contributed by atoms with E-state index in [2.05, 4.69) is 52.6 Å². The lowest BCUT2D eigenvalue weighted by molar-refractivity contribution is 0.0996. The molecule has 170 valence electrons. The van der Waals surface area contributed by atoms with Gasteiger partial charge in [-0.1, -0.05) is 0 Å². The number of carbonyl (C=O) groups is 1. The quantitative estimate of drug-likeness (QED) is 0.197. The van der Waals surface area contributed by atoms with Crippen LogP contribution in [0.2, 0.25) is 0 Å². The van der Waals surface area contributed by atoms with Gasteiger partial charge in [-0.2, -0.15) is 0 Å². The molecule has 13 heteroatoms. The molecule has 1 atom stereocenters. The molecule has 1 unspecified atom stereocenters. The average molecular weight is 591 g/mol. The van der Waals surface area contributed by atoms with Crippen LogP contribution in [0.1, 0.15) is 10.6 Å². The summed E-state index contributed by atoms with van der Waals surface area (Å²) in [7, 11) is 0. The van der Waals surface area contributed by atoms with Crippen molar-refractivity contribution in [2.45, 2.75) is 0 Å². The van der Waals surface area contributed by atoms with Gasteiger partial charge in [0.05, 0.1) is 18.3 Å². The molecule has 0 fully saturated rings. The summed E-state index contributed by atoms with van der Waals surface area (Å²) < 4.78 is 36.8. The summed E-state index contributed by atoms with van der Waals surface area (Å²) in [6.45, 7) is 0. The van der Waals surface area contributed by atoms with Crippen LogP contribution in [-0.4, -0.2) is 30.2 Å². The fraction of sp³-hybridized carbons (Fsp3) is 0. The molecule has 0 saturated carbocycles. The first-order valence-electron chi connectivity index (χ1n) is 9.66. The molecule has 0 radical (unpaired) electrons. The average Bonchev–Trinajstić information content (AvgIpc) is 3.54. The zero-order valence-corrected chi connectivity index (χ0v) is 20.1. The van der Waals surface area contributed by atoms with Crippen LogP contribution in [0.3, 0.4) is 0 Å². The number of anilines is 3. The molecule has 5 aromatic rings. The predicted molar refractivity (Wildman–Crippen MR) is 133 cm³/mol. The van der Waals surface area contributed by atoms with Crippen LogP contribution in [0.15, 0.2) is 65.9 Å². The van der Waals surface area contributed by atoms with Gasteiger partial charge in [0.25, 0.3) is 5.91 Å². The maximum absolute atomic E-state index is 15.2. The number of aromatic nitrogens is 5. The third-order valence-corrected chi connectivity index (χ3v) is 6.88. The number of rotatable bonds is 6. The van der Waals surface area contributed by atoms with E-state index >= 15 is 4.39 Å². The summed E-state index contributed by atoms with van der Waals surface area (Å²) in [6.07, 6.45) is 6.23. The Morgan fingerprint density at radius 3 is 2.76 bits per heavy atom. The van der Waals surface area contributed by atoms with Crippen LogP contribution in [0.4, 0.5) is 26.0 Å². The first-order valence-corrected chi connectivity index (χ1v) is 13.7. The Labute approximate surface area is 205 Å². The lowest BCUT2D eigenvalue weighted by Crippen LogP contribution is -2.13. The van der Waals surface area contributed by atoms with Gasteiger partial charge in [0, 0.05) is 11.8 Å². The molecule has 1 amide bonds. The number of halogens is 3. The third-order valence-electron chi connectivity index (χ3n) is 4.82. The molecule has 0 spiro atoms. The molecule has 1 aromatic carbocycles. The minimum atomic E-state index is -1.00. The number of carbonyl (C=O) groups excluding carboxylic acids is 1. The predicted octanol–water partition coefficient (Wildman–Crippen LogP) is 5.55. The van der Waals surface area contributed by atoms with Crippen molar-refractivity contribution >= 4 is 62.7 Å². The number of hydrogen-bond donors (Lipinski definition) is 2. The van der Waals surface area contributed by atoms with Gasteiger partial charge >= 0.3 is 0 Å². The Hall–Kier alpha value is -3.51. The van der Waals surface area contributed by atoms with Crippen molar-refractivity contribution in [3.63, 3.8) is 0 Å².